The minimum absolute atomic E-state index is 0.158. The van der Waals surface area contributed by atoms with Crippen LogP contribution >= 0.6 is 0 Å². The molecule has 2 heteroatoms. The third kappa shape index (κ3) is 2.09. The molecule has 2 aliphatic rings. The van der Waals surface area contributed by atoms with Crippen LogP contribution in [0.4, 0.5) is 0 Å². The van der Waals surface area contributed by atoms with Gasteiger partial charge in [0.2, 0.25) is 5.91 Å². The van der Waals surface area contributed by atoms with Crippen molar-refractivity contribution in [3.63, 3.8) is 0 Å². The van der Waals surface area contributed by atoms with Gasteiger partial charge in [0.05, 0.1) is 6.04 Å². The minimum atomic E-state index is 0.158. The van der Waals surface area contributed by atoms with Crippen LogP contribution in [-0.4, -0.2) is 17.4 Å². The highest BCUT2D eigenvalue weighted by atomic mass is 16.2. The zero-order chi connectivity index (χ0) is 13.5. The van der Waals surface area contributed by atoms with Crippen molar-refractivity contribution in [1.82, 2.24) is 4.90 Å². The van der Waals surface area contributed by atoms with Crippen LogP contribution in [0.15, 0.2) is 42.0 Å². The molecular formula is C17H21NO. The normalized spacial score (nSPS) is 22.9. The first kappa shape index (κ1) is 12.5. The first-order valence-electron chi connectivity index (χ1n) is 7.17. The Bertz CT molecular complexity index is 513. The lowest BCUT2D eigenvalue weighted by molar-refractivity contribution is -0.126. The topological polar surface area (TPSA) is 20.3 Å². The Morgan fingerprint density at radius 2 is 1.89 bits per heavy atom. The van der Waals surface area contributed by atoms with Crippen molar-refractivity contribution in [3.8, 4) is 0 Å². The second kappa shape index (κ2) is 4.52. The van der Waals surface area contributed by atoms with Crippen LogP contribution in [-0.2, 0) is 4.79 Å². The number of amides is 1. The highest BCUT2D eigenvalue weighted by Gasteiger charge is 2.40. The molecule has 1 aromatic carbocycles. The van der Waals surface area contributed by atoms with Gasteiger partial charge >= 0.3 is 0 Å². The molecule has 2 nitrogen and oxygen atoms in total. The van der Waals surface area contributed by atoms with Crippen LogP contribution in [0.2, 0.25) is 0 Å². The molecule has 1 aliphatic heterocycles. The van der Waals surface area contributed by atoms with Crippen LogP contribution < -0.4 is 0 Å². The molecule has 100 valence electrons. The maximum atomic E-state index is 12.2. The average Bonchev–Trinajstić information content (AvgIpc) is 2.78. The summed E-state index contributed by atoms with van der Waals surface area (Å²) in [7, 11) is 0. The first-order chi connectivity index (χ1) is 9.10. The van der Waals surface area contributed by atoms with E-state index in [1.54, 1.807) is 0 Å². The summed E-state index contributed by atoms with van der Waals surface area (Å²) in [6, 6.07) is 10.4. The molecular weight excluding hydrogens is 234 g/mol. The molecule has 0 unspecified atom stereocenters. The van der Waals surface area contributed by atoms with Gasteiger partial charge in [-0.1, -0.05) is 43.7 Å². The monoisotopic (exact) mass is 255 g/mol. The zero-order valence-electron chi connectivity index (χ0n) is 11.7. The van der Waals surface area contributed by atoms with Crippen molar-refractivity contribution in [2.45, 2.75) is 39.2 Å². The van der Waals surface area contributed by atoms with Gasteiger partial charge in [0.25, 0.3) is 0 Å². The Balaban J connectivity index is 1.76. The lowest BCUT2D eigenvalue weighted by Crippen LogP contribution is -2.33. The Labute approximate surface area is 115 Å². The summed E-state index contributed by atoms with van der Waals surface area (Å²) in [5, 5.41) is 0. The molecule has 1 amide bonds. The summed E-state index contributed by atoms with van der Waals surface area (Å²) < 4.78 is 0. The zero-order valence-corrected chi connectivity index (χ0v) is 11.7. The fraction of sp³-hybridized carbons (Fsp3) is 0.471. The molecule has 0 radical (unpaired) electrons. The number of carbonyl (C=O) groups excluding carboxylic acids is 1. The molecule has 0 spiro atoms. The summed E-state index contributed by atoms with van der Waals surface area (Å²) in [5.74, 6) is 0.180. The second-order valence-electron chi connectivity index (χ2n) is 6.14. The van der Waals surface area contributed by atoms with Gasteiger partial charge < -0.3 is 4.90 Å². The van der Waals surface area contributed by atoms with Gasteiger partial charge in [0, 0.05) is 12.6 Å². The molecule has 1 atom stereocenters. The number of carbonyl (C=O) groups is 1. The number of nitrogens with zero attached hydrogens (tertiary/aromatic N) is 1. The quantitative estimate of drug-likeness (QED) is 0.806. The summed E-state index contributed by atoms with van der Waals surface area (Å²) in [4.78, 5) is 14.2. The SMILES string of the molecule is C[C@@H](c1ccccc1)N1CC(C2(C)CCC2)=CC1=O. The van der Waals surface area contributed by atoms with Crippen molar-refractivity contribution in [2.75, 3.05) is 6.54 Å². The maximum Gasteiger partial charge on any atom is 0.247 e. The molecule has 0 saturated heterocycles. The van der Waals surface area contributed by atoms with E-state index in [1.165, 1.54) is 30.4 Å². The fourth-order valence-electron chi connectivity index (χ4n) is 3.17. The number of benzene rings is 1. The van der Waals surface area contributed by atoms with E-state index in [0.29, 0.717) is 5.41 Å². The number of rotatable bonds is 3. The van der Waals surface area contributed by atoms with Crippen molar-refractivity contribution < 1.29 is 4.79 Å². The summed E-state index contributed by atoms with van der Waals surface area (Å²) >= 11 is 0. The van der Waals surface area contributed by atoms with Gasteiger partial charge in [-0.05, 0) is 36.3 Å². The largest absolute Gasteiger partial charge is 0.328 e. The third-order valence-corrected chi connectivity index (χ3v) is 4.90. The Hall–Kier alpha value is -1.57. The van der Waals surface area contributed by atoms with E-state index < -0.39 is 0 Å². The Morgan fingerprint density at radius 3 is 2.47 bits per heavy atom. The highest BCUT2D eigenvalue weighted by molar-refractivity contribution is 5.91. The van der Waals surface area contributed by atoms with E-state index in [9.17, 15) is 4.79 Å². The van der Waals surface area contributed by atoms with Crippen molar-refractivity contribution in [1.29, 1.82) is 0 Å². The smallest absolute Gasteiger partial charge is 0.247 e. The van der Waals surface area contributed by atoms with Gasteiger partial charge in [-0.15, -0.1) is 0 Å². The van der Waals surface area contributed by atoms with Crippen LogP contribution in [0, 0.1) is 5.41 Å². The van der Waals surface area contributed by atoms with Crippen molar-refractivity contribution in [2.24, 2.45) is 5.41 Å². The molecule has 1 saturated carbocycles. The molecule has 19 heavy (non-hydrogen) atoms. The van der Waals surface area contributed by atoms with Gasteiger partial charge in [-0.2, -0.15) is 0 Å². The predicted octanol–water partition coefficient (Wildman–Crippen LogP) is 3.71. The fourth-order valence-corrected chi connectivity index (χ4v) is 3.17. The van der Waals surface area contributed by atoms with E-state index in [4.69, 9.17) is 0 Å². The van der Waals surface area contributed by atoms with Crippen LogP contribution in [0.3, 0.4) is 0 Å². The van der Waals surface area contributed by atoms with Crippen LogP contribution in [0.5, 0.6) is 0 Å². The molecule has 1 aromatic rings. The highest BCUT2D eigenvalue weighted by Crippen LogP contribution is 2.48. The van der Waals surface area contributed by atoms with Gasteiger partial charge in [-0.3, -0.25) is 4.79 Å². The molecule has 0 N–H and O–H groups in total. The lowest BCUT2D eigenvalue weighted by Gasteiger charge is -2.40. The standard InChI is InChI=1S/C17H21NO/c1-13(14-7-4-3-5-8-14)18-12-15(11-16(18)19)17(2)9-6-10-17/h3-5,7-8,11,13H,6,9-10,12H2,1-2H3/t13-/m0/s1. The van der Waals surface area contributed by atoms with Gasteiger partial charge in [0.15, 0.2) is 0 Å². The van der Waals surface area contributed by atoms with E-state index in [1.807, 2.05) is 29.2 Å². The van der Waals surface area contributed by atoms with Crippen molar-refractivity contribution >= 4 is 5.91 Å². The lowest BCUT2D eigenvalue weighted by atomic mass is 9.66. The van der Waals surface area contributed by atoms with Crippen molar-refractivity contribution in [3.05, 3.63) is 47.5 Å². The third-order valence-electron chi connectivity index (χ3n) is 4.90. The second-order valence-corrected chi connectivity index (χ2v) is 6.14. The Morgan fingerprint density at radius 1 is 1.21 bits per heavy atom. The predicted molar refractivity (Wildman–Crippen MR) is 76.6 cm³/mol. The average molecular weight is 255 g/mol. The molecule has 1 aliphatic carbocycles. The molecule has 0 bridgehead atoms. The number of hydrogen-bond donors (Lipinski definition) is 0. The summed E-state index contributed by atoms with van der Waals surface area (Å²) in [5.41, 5.74) is 2.84. The van der Waals surface area contributed by atoms with Crippen LogP contribution in [0.25, 0.3) is 0 Å². The Kier molecular flexibility index (Phi) is 2.96. The number of hydrogen-bond acceptors (Lipinski definition) is 1. The van der Waals surface area contributed by atoms with Gasteiger partial charge in [-0.25, -0.2) is 0 Å². The summed E-state index contributed by atoms with van der Waals surface area (Å²) in [6.07, 6.45) is 5.66. The first-order valence-corrected chi connectivity index (χ1v) is 7.17. The molecule has 1 heterocycles. The minimum Gasteiger partial charge on any atom is -0.328 e. The van der Waals surface area contributed by atoms with E-state index in [2.05, 4.69) is 26.0 Å². The van der Waals surface area contributed by atoms with Gasteiger partial charge in [0.1, 0.15) is 0 Å². The van der Waals surface area contributed by atoms with Crippen LogP contribution in [0.1, 0.15) is 44.7 Å². The van der Waals surface area contributed by atoms with E-state index >= 15 is 0 Å². The molecule has 3 rings (SSSR count). The van der Waals surface area contributed by atoms with E-state index in [0.717, 1.165) is 6.54 Å². The molecule has 1 fully saturated rings. The summed E-state index contributed by atoms with van der Waals surface area (Å²) in [6.45, 7) is 5.23. The van der Waals surface area contributed by atoms with E-state index in [-0.39, 0.29) is 11.9 Å². The maximum absolute atomic E-state index is 12.2. The molecule has 0 aromatic heterocycles.